The Bertz CT molecular complexity index is 3200. The van der Waals surface area contributed by atoms with Crippen LogP contribution in [0.25, 0.3) is 107 Å². The molecule has 52 heavy (non-hydrogen) atoms. The summed E-state index contributed by atoms with van der Waals surface area (Å²) in [4.78, 5) is 10.6. The highest BCUT2D eigenvalue weighted by Gasteiger charge is 2.18. The van der Waals surface area contributed by atoms with Crippen LogP contribution in [0.1, 0.15) is 0 Å². The Hall–Kier alpha value is -6.20. The lowest BCUT2D eigenvalue weighted by molar-refractivity contribution is 1.19. The van der Waals surface area contributed by atoms with Gasteiger partial charge >= 0.3 is 0 Å². The van der Waals surface area contributed by atoms with E-state index >= 15 is 0 Å². The summed E-state index contributed by atoms with van der Waals surface area (Å²) in [5, 5.41) is 9.97. The lowest BCUT2D eigenvalue weighted by Crippen LogP contribution is -1.96. The monoisotopic (exact) mass is 696 g/mol. The van der Waals surface area contributed by atoms with E-state index in [1.165, 1.54) is 73.0 Å². The second-order valence-electron chi connectivity index (χ2n) is 13.4. The van der Waals surface area contributed by atoms with E-state index in [-0.39, 0.29) is 0 Å². The molecule has 8 aromatic carbocycles. The van der Waals surface area contributed by atoms with E-state index in [2.05, 4.69) is 170 Å². The Morgan fingerprint density at radius 3 is 1.65 bits per heavy atom. The molecule has 3 heterocycles. The molecule has 3 aromatic heterocycles. The van der Waals surface area contributed by atoms with E-state index in [0.29, 0.717) is 0 Å². The van der Waals surface area contributed by atoms with Crippen molar-refractivity contribution in [1.82, 2.24) is 9.97 Å². The average molecular weight is 697 g/mol. The average Bonchev–Trinajstić information content (AvgIpc) is 3.78. The standard InChI is InChI=1S/C48H28N2S2/c1-3-11-31-23-33(19-17-29(31)9-1)39-26-36(27-46-47(39)38-14-6-8-16-44(38)52-46)42-28-41(34-21-22-45-40(25-34)37-13-5-7-15-43(37)51-45)49-48(50-42)35-20-18-30-10-2-4-12-32(30)24-35/h1-28H. The Morgan fingerprint density at radius 1 is 0.327 bits per heavy atom. The number of hydrogen-bond donors (Lipinski definition) is 0. The van der Waals surface area contributed by atoms with Crippen molar-refractivity contribution in [3.8, 4) is 45.0 Å². The van der Waals surface area contributed by atoms with Crippen LogP contribution in [0.15, 0.2) is 170 Å². The number of thiophene rings is 2. The first-order chi connectivity index (χ1) is 25.7. The van der Waals surface area contributed by atoms with Gasteiger partial charge in [-0.2, -0.15) is 0 Å². The van der Waals surface area contributed by atoms with Crippen LogP contribution in [0.3, 0.4) is 0 Å². The SMILES string of the molecule is c1ccc2cc(-c3nc(-c4cc(-c5ccc6ccccc6c5)c5c(c4)sc4ccccc45)cc(-c4ccc5sc6ccccc6c5c4)n3)ccc2c1. The van der Waals surface area contributed by atoms with Crippen molar-refractivity contribution in [3.63, 3.8) is 0 Å². The van der Waals surface area contributed by atoms with Crippen LogP contribution in [0.5, 0.6) is 0 Å². The van der Waals surface area contributed by atoms with Gasteiger partial charge in [0, 0.05) is 57.0 Å². The molecule has 0 amide bonds. The van der Waals surface area contributed by atoms with Gasteiger partial charge in [0.25, 0.3) is 0 Å². The summed E-state index contributed by atoms with van der Waals surface area (Å²) < 4.78 is 5.12. The molecular weight excluding hydrogens is 669 g/mol. The molecule has 0 aliphatic rings. The van der Waals surface area contributed by atoms with Gasteiger partial charge in [-0.25, -0.2) is 9.97 Å². The minimum atomic E-state index is 0.720. The largest absolute Gasteiger partial charge is 0.228 e. The smallest absolute Gasteiger partial charge is 0.160 e. The molecule has 0 aliphatic heterocycles. The number of hydrogen-bond acceptors (Lipinski definition) is 4. The second kappa shape index (κ2) is 11.7. The van der Waals surface area contributed by atoms with Crippen LogP contribution < -0.4 is 0 Å². The van der Waals surface area contributed by atoms with Crippen LogP contribution in [0.2, 0.25) is 0 Å². The van der Waals surface area contributed by atoms with E-state index in [1.54, 1.807) is 0 Å². The summed E-state index contributed by atoms with van der Waals surface area (Å²) in [5.74, 6) is 0.720. The zero-order valence-corrected chi connectivity index (χ0v) is 29.5. The Kier molecular flexibility index (Phi) is 6.63. The van der Waals surface area contributed by atoms with Crippen molar-refractivity contribution in [3.05, 3.63) is 170 Å². The van der Waals surface area contributed by atoms with Crippen LogP contribution in [0.4, 0.5) is 0 Å². The normalized spacial score (nSPS) is 11.8. The fraction of sp³-hybridized carbons (Fsp3) is 0. The van der Waals surface area contributed by atoms with E-state index in [1.807, 2.05) is 22.7 Å². The quantitative estimate of drug-likeness (QED) is 0.183. The molecule has 0 fully saturated rings. The van der Waals surface area contributed by atoms with Crippen LogP contribution in [-0.2, 0) is 0 Å². The molecule has 0 saturated heterocycles. The summed E-state index contributed by atoms with van der Waals surface area (Å²) in [7, 11) is 0. The summed E-state index contributed by atoms with van der Waals surface area (Å²) in [6, 6.07) is 61.5. The topological polar surface area (TPSA) is 25.8 Å². The second-order valence-corrected chi connectivity index (χ2v) is 15.6. The Morgan fingerprint density at radius 2 is 0.885 bits per heavy atom. The Labute approximate surface area is 307 Å². The minimum Gasteiger partial charge on any atom is -0.228 e. The zero-order valence-electron chi connectivity index (χ0n) is 27.9. The van der Waals surface area contributed by atoms with Crippen molar-refractivity contribution in [2.24, 2.45) is 0 Å². The van der Waals surface area contributed by atoms with Gasteiger partial charge in [-0.1, -0.05) is 115 Å². The molecule has 0 spiro atoms. The fourth-order valence-electron chi connectivity index (χ4n) is 7.67. The van der Waals surface area contributed by atoms with Crippen LogP contribution in [-0.4, -0.2) is 9.97 Å². The summed E-state index contributed by atoms with van der Waals surface area (Å²) in [6.07, 6.45) is 0. The Balaban J connectivity index is 1.17. The number of nitrogens with zero attached hydrogens (tertiary/aromatic N) is 2. The predicted molar refractivity (Wildman–Crippen MR) is 225 cm³/mol. The molecule has 4 heteroatoms. The van der Waals surface area contributed by atoms with E-state index in [9.17, 15) is 0 Å². The van der Waals surface area contributed by atoms with Gasteiger partial charge < -0.3 is 0 Å². The first-order valence-corrected chi connectivity index (χ1v) is 19.1. The number of rotatable bonds is 4. The molecule has 2 nitrogen and oxygen atoms in total. The molecule has 11 aromatic rings. The third-order valence-electron chi connectivity index (χ3n) is 10.2. The van der Waals surface area contributed by atoms with Gasteiger partial charge in [-0.3, -0.25) is 0 Å². The predicted octanol–water partition coefficient (Wildman–Crippen LogP) is 14.2. The van der Waals surface area contributed by atoms with Gasteiger partial charge in [-0.15, -0.1) is 22.7 Å². The lowest BCUT2D eigenvalue weighted by Gasteiger charge is -2.13. The van der Waals surface area contributed by atoms with Crippen molar-refractivity contribution in [1.29, 1.82) is 0 Å². The lowest BCUT2D eigenvalue weighted by atomic mass is 9.94. The summed E-state index contributed by atoms with van der Waals surface area (Å²) in [6.45, 7) is 0. The van der Waals surface area contributed by atoms with Gasteiger partial charge in [0.15, 0.2) is 5.82 Å². The van der Waals surface area contributed by atoms with E-state index < -0.39 is 0 Å². The van der Waals surface area contributed by atoms with Crippen molar-refractivity contribution in [2.75, 3.05) is 0 Å². The maximum absolute atomic E-state index is 5.35. The minimum absolute atomic E-state index is 0.720. The highest BCUT2D eigenvalue weighted by atomic mass is 32.1. The molecule has 0 aliphatic carbocycles. The maximum Gasteiger partial charge on any atom is 0.160 e. The summed E-state index contributed by atoms with van der Waals surface area (Å²) >= 11 is 3.68. The molecule has 11 rings (SSSR count). The third kappa shape index (κ3) is 4.84. The maximum atomic E-state index is 5.35. The van der Waals surface area contributed by atoms with Crippen LogP contribution in [0, 0.1) is 0 Å². The van der Waals surface area contributed by atoms with Crippen LogP contribution >= 0.6 is 22.7 Å². The molecule has 242 valence electrons. The molecular formula is C48H28N2S2. The number of fused-ring (bicyclic) bond motifs is 8. The van der Waals surface area contributed by atoms with Gasteiger partial charge in [0.2, 0.25) is 0 Å². The molecule has 0 unspecified atom stereocenters. The van der Waals surface area contributed by atoms with Gasteiger partial charge in [0.05, 0.1) is 11.4 Å². The molecule has 0 atom stereocenters. The fourth-order valence-corrected chi connectivity index (χ4v) is 9.93. The molecule has 0 radical (unpaired) electrons. The van der Waals surface area contributed by atoms with E-state index in [4.69, 9.17) is 9.97 Å². The zero-order chi connectivity index (χ0) is 34.2. The van der Waals surface area contributed by atoms with Gasteiger partial charge in [-0.05, 0) is 87.3 Å². The first kappa shape index (κ1) is 29.5. The third-order valence-corrected chi connectivity index (χ3v) is 12.5. The number of benzene rings is 8. The van der Waals surface area contributed by atoms with Crippen molar-refractivity contribution in [2.45, 2.75) is 0 Å². The van der Waals surface area contributed by atoms with Crippen molar-refractivity contribution < 1.29 is 0 Å². The first-order valence-electron chi connectivity index (χ1n) is 17.5. The highest BCUT2D eigenvalue weighted by Crippen LogP contribution is 2.44. The molecule has 0 N–H and O–H groups in total. The summed E-state index contributed by atoms with van der Waals surface area (Å²) in [5.41, 5.74) is 7.40. The molecule has 0 bridgehead atoms. The van der Waals surface area contributed by atoms with Crippen molar-refractivity contribution >= 4 is 84.6 Å². The van der Waals surface area contributed by atoms with E-state index in [0.717, 1.165) is 33.9 Å². The number of aromatic nitrogens is 2. The molecule has 0 saturated carbocycles. The van der Waals surface area contributed by atoms with Gasteiger partial charge in [0.1, 0.15) is 0 Å². The highest BCUT2D eigenvalue weighted by molar-refractivity contribution is 7.26.